The molecule has 0 bridgehead atoms. The molecule has 478 valence electrons. The first-order valence-corrected chi connectivity index (χ1v) is 32.1. The molecule has 0 amide bonds. The number of carbonyl (C=O) groups excluding carboxylic acids is 4. The Morgan fingerprint density at radius 2 is 0.778 bits per heavy atom. The van der Waals surface area contributed by atoms with Crippen LogP contribution in [0.15, 0.2) is 170 Å². The molecule has 0 heterocycles. The molecule has 90 heavy (non-hydrogen) atoms. The molecule has 0 N–H and O–H groups in total. The van der Waals surface area contributed by atoms with Crippen molar-refractivity contribution in [1.82, 2.24) is 0 Å². The molecule has 0 aliphatic heterocycles. The Morgan fingerprint density at radius 3 is 1.09 bits per heavy atom. The maximum atomic E-state index is 14.4. The lowest BCUT2D eigenvalue weighted by atomic mass is 9.55. The number of hydrogen-bond donors (Lipinski definition) is 0. The minimum absolute atomic E-state index is 0.0348. The van der Waals surface area contributed by atoms with Crippen molar-refractivity contribution in [1.29, 1.82) is 0 Å². The Kier molecular flexibility index (Phi) is 25.6. The molecule has 0 spiro atoms. The highest BCUT2D eigenvalue weighted by molar-refractivity contribution is 5.87. The van der Waals surface area contributed by atoms with Crippen LogP contribution >= 0.6 is 0 Å². The minimum atomic E-state index is -1.51. The van der Waals surface area contributed by atoms with Crippen LogP contribution in [0.3, 0.4) is 0 Å². The first-order valence-electron chi connectivity index (χ1n) is 32.1. The number of nitrogens with zero attached hydrogens (tertiary/aromatic N) is 2. The molecule has 0 saturated heterocycles. The van der Waals surface area contributed by atoms with Crippen LogP contribution in [-0.4, -0.2) is 50.9 Å². The van der Waals surface area contributed by atoms with E-state index >= 15 is 0 Å². The maximum Gasteiger partial charge on any atom is 0.313 e. The Labute approximate surface area is 536 Å². The smallest absolute Gasteiger partial charge is 0.313 e. The first-order chi connectivity index (χ1) is 43.1. The molecule has 8 atom stereocenters. The van der Waals surface area contributed by atoms with Crippen LogP contribution in [0.2, 0.25) is 0 Å². The molecule has 0 aliphatic carbocycles. The van der Waals surface area contributed by atoms with Gasteiger partial charge in [0.1, 0.15) is 34.9 Å². The molecule has 6 aromatic rings. The van der Waals surface area contributed by atoms with E-state index in [1.54, 1.807) is 38.1 Å². The molecular weight excluding hydrogens is 1120 g/mol. The van der Waals surface area contributed by atoms with E-state index in [4.69, 9.17) is 18.9 Å². The van der Waals surface area contributed by atoms with E-state index in [1.165, 1.54) is 21.1 Å². The summed E-state index contributed by atoms with van der Waals surface area (Å²) in [4.78, 5) is 57.1. The standard InChI is InChI=1S/C78H96N2O10/c1-13-57(3)49-77(63-31-21-17-22-32-63,64-33-23-18-24-34-64)55-73(7,59(5)81)53-75(9,60(6)82)69(51-79-85)61-39-43-67(44-40-61)89-47-29-15-16-30-48-90-68-45-41-62(42-46-68)70(52-80-86)76(10,72(84)88-12)54-74(8,71(83)87-11)56-78(50-58(4)14-2,65-35-25-19-26-36-65)66-37-27-20-28-38-66/h17-28,31-46,57-58,69-70H,13-16,29-30,47-50,53-56H2,1-12H3. The summed E-state index contributed by atoms with van der Waals surface area (Å²) < 4.78 is 23.5. The number of ether oxygens (including phenoxy) is 4. The number of carbonyl (C=O) groups is 4. The van der Waals surface area contributed by atoms with Crippen molar-refractivity contribution in [3.8, 4) is 23.6 Å². The van der Waals surface area contributed by atoms with Crippen molar-refractivity contribution < 1.29 is 38.1 Å². The normalized spacial score (nSPS) is 15.6. The Bertz CT molecular complexity index is 3290. The van der Waals surface area contributed by atoms with Crippen molar-refractivity contribution in [2.24, 2.45) is 33.5 Å². The lowest BCUT2D eigenvalue weighted by Gasteiger charge is -2.46. The summed E-state index contributed by atoms with van der Waals surface area (Å²) in [6, 6.07) is 61.1. The maximum absolute atomic E-state index is 14.4. The fourth-order valence-corrected chi connectivity index (χ4v) is 14.3. The third-order valence-electron chi connectivity index (χ3n) is 19.6. The molecule has 0 radical (unpaired) electrons. The van der Waals surface area contributed by atoms with Gasteiger partial charge in [-0.15, -0.1) is 0 Å². The zero-order chi connectivity index (χ0) is 65.6. The minimum Gasteiger partial charge on any atom is -0.498 e. The Balaban J connectivity index is 1.09. The van der Waals surface area contributed by atoms with Gasteiger partial charge in [-0.3, -0.25) is 19.2 Å². The van der Waals surface area contributed by atoms with E-state index < -0.39 is 56.3 Å². The summed E-state index contributed by atoms with van der Waals surface area (Å²) in [6.45, 7) is 20.2. The summed E-state index contributed by atoms with van der Waals surface area (Å²) in [5.74, 6) is -1.33. The average molecular weight is 1220 g/mol. The summed E-state index contributed by atoms with van der Waals surface area (Å²) in [5.41, 5.74) is -0.718. The summed E-state index contributed by atoms with van der Waals surface area (Å²) in [6.07, 6.45) is 7.56. The highest BCUT2D eigenvalue weighted by Gasteiger charge is 2.56. The first kappa shape index (κ1) is 70.9. The van der Waals surface area contributed by atoms with E-state index in [-0.39, 0.29) is 36.7 Å². The van der Waals surface area contributed by atoms with Crippen LogP contribution in [0.4, 0.5) is 0 Å². The van der Waals surface area contributed by atoms with E-state index in [0.29, 0.717) is 48.2 Å². The summed E-state index contributed by atoms with van der Waals surface area (Å²) in [7, 11) is 2.66. The predicted molar refractivity (Wildman–Crippen MR) is 361 cm³/mol. The predicted octanol–water partition coefficient (Wildman–Crippen LogP) is 18.5. The van der Waals surface area contributed by atoms with Crippen LogP contribution in [0.25, 0.3) is 10.0 Å². The van der Waals surface area contributed by atoms with Crippen LogP contribution in [0, 0.1) is 56.0 Å². The van der Waals surface area contributed by atoms with Crippen molar-refractivity contribution in [2.75, 3.05) is 27.4 Å². The monoisotopic (exact) mass is 1220 g/mol. The van der Waals surface area contributed by atoms with Crippen LogP contribution in [0.1, 0.15) is 192 Å². The molecule has 0 fully saturated rings. The van der Waals surface area contributed by atoms with E-state index in [9.17, 15) is 29.6 Å². The molecule has 0 aromatic heterocycles. The van der Waals surface area contributed by atoms with Crippen molar-refractivity contribution in [3.05, 3.63) is 224 Å². The average Bonchev–Trinajstić information content (AvgIpc) is 0.778. The summed E-state index contributed by atoms with van der Waals surface area (Å²) in [5, 5.41) is 30.7. The largest absolute Gasteiger partial charge is 0.498 e. The van der Waals surface area contributed by atoms with Gasteiger partial charge in [-0.1, -0.05) is 200 Å². The SMILES string of the molecule is CCC(C)CC(CC(C)(CC(C)(C(C)=O)C(C#[N+][O-])c1ccc(OCCCCCCOc2ccc(C(C#[N+][O-])C(C)(CC(C)(CC(CC(C)CC)(c3ccccc3)c3ccccc3)C(=O)OC)C(=O)OC)cc2)cc1)C(C)=O)(c1ccccc1)c1ccccc1. The molecule has 0 aliphatic rings. The van der Waals surface area contributed by atoms with E-state index in [1.807, 2.05) is 118 Å². The van der Waals surface area contributed by atoms with Gasteiger partial charge < -0.3 is 29.4 Å². The quantitative estimate of drug-likeness (QED) is 0.0213. The zero-order valence-corrected chi connectivity index (χ0v) is 55.4. The number of ketones is 2. The van der Waals surface area contributed by atoms with Crippen molar-refractivity contribution >= 4 is 23.5 Å². The number of esters is 2. The van der Waals surface area contributed by atoms with Gasteiger partial charge in [-0.25, -0.2) is 0 Å². The van der Waals surface area contributed by atoms with Gasteiger partial charge in [0, 0.05) is 26.3 Å². The Hall–Kier alpha value is -8.22. The molecule has 0 saturated carbocycles. The molecule has 6 aromatic carbocycles. The number of hydrogen-bond acceptors (Lipinski definition) is 10. The van der Waals surface area contributed by atoms with Gasteiger partial charge in [0.15, 0.2) is 0 Å². The highest BCUT2D eigenvalue weighted by atomic mass is 16.5. The lowest BCUT2D eigenvalue weighted by molar-refractivity contribution is -0.162. The number of rotatable bonds is 35. The second kappa shape index (κ2) is 32.5. The summed E-state index contributed by atoms with van der Waals surface area (Å²) >= 11 is 0. The van der Waals surface area contributed by atoms with Crippen molar-refractivity contribution in [2.45, 2.75) is 169 Å². The van der Waals surface area contributed by atoms with Gasteiger partial charge in [0.2, 0.25) is 0 Å². The fourth-order valence-electron chi connectivity index (χ4n) is 14.3. The zero-order valence-electron chi connectivity index (χ0n) is 55.4. The van der Waals surface area contributed by atoms with Gasteiger partial charge in [0.25, 0.3) is 0 Å². The van der Waals surface area contributed by atoms with Crippen LogP contribution in [0.5, 0.6) is 11.5 Å². The number of methoxy groups -OCH3 is 2. The van der Waals surface area contributed by atoms with Gasteiger partial charge >= 0.3 is 24.1 Å². The number of Topliss-reactive ketones (excluding diaryl/α,β-unsaturated/α-hetero) is 2. The van der Waals surface area contributed by atoms with Crippen LogP contribution in [-0.2, 0) is 39.5 Å². The second-order valence-electron chi connectivity index (χ2n) is 26.4. The topological polar surface area (TPSA) is 160 Å². The third-order valence-corrected chi connectivity index (χ3v) is 19.6. The molecule has 6 rings (SSSR count). The Morgan fingerprint density at radius 1 is 0.444 bits per heavy atom. The third kappa shape index (κ3) is 17.0. The number of benzene rings is 6. The van der Waals surface area contributed by atoms with E-state index in [2.05, 4.69) is 98.4 Å². The van der Waals surface area contributed by atoms with Gasteiger partial charge in [-0.05, 0) is 161 Å². The molecule has 8 unspecified atom stereocenters. The highest BCUT2D eigenvalue weighted by Crippen LogP contribution is 2.56. The van der Waals surface area contributed by atoms with Crippen molar-refractivity contribution in [3.63, 3.8) is 0 Å². The van der Waals surface area contributed by atoms with Gasteiger partial charge in [-0.2, -0.15) is 0 Å². The van der Waals surface area contributed by atoms with Gasteiger partial charge in [0.05, 0.1) is 43.7 Å². The van der Waals surface area contributed by atoms with E-state index in [0.717, 1.165) is 73.6 Å². The fraction of sp³-hybridized carbons (Fsp3) is 0.462. The van der Waals surface area contributed by atoms with Crippen LogP contribution < -0.4 is 9.47 Å². The molecule has 12 heteroatoms. The lowest BCUT2D eigenvalue weighted by Crippen LogP contribution is -2.47. The molecular formula is C78H96N2O10. The molecule has 12 nitrogen and oxygen atoms in total. The second-order valence-corrected chi connectivity index (χ2v) is 26.4. The number of unbranched alkanes of at least 4 members (excludes halogenated alkanes) is 3.